The van der Waals surface area contributed by atoms with Crippen LogP contribution in [0.4, 0.5) is 5.82 Å². The molecule has 4 heteroatoms. The van der Waals surface area contributed by atoms with Gasteiger partial charge in [0.05, 0.1) is 5.69 Å². The van der Waals surface area contributed by atoms with Crippen LogP contribution in [0.25, 0.3) is 11.3 Å². The average Bonchev–Trinajstić information content (AvgIpc) is 2.51. The van der Waals surface area contributed by atoms with Crippen molar-refractivity contribution in [2.45, 2.75) is 6.92 Å². The molecule has 2 N–H and O–H groups in total. The molecule has 0 spiro atoms. The van der Waals surface area contributed by atoms with Gasteiger partial charge in [0, 0.05) is 23.2 Å². The molecule has 0 saturated carbocycles. The van der Waals surface area contributed by atoms with Crippen molar-refractivity contribution in [2.24, 2.45) is 7.05 Å². The number of rotatable bonds is 1. The Bertz CT molecular complexity index is 483. The van der Waals surface area contributed by atoms with Crippen LogP contribution in [-0.4, -0.2) is 9.78 Å². The second-order valence-electron chi connectivity index (χ2n) is 3.51. The number of nitrogens with zero attached hydrogens (tertiary/aromatic N) is 2. The van der Waals surface area contributed by atoms with E-state index in [1.807, 2.05) is 25.2 Å². The SMILES string of the molecule is Cc1cccc(-c2cc(N)n(C)n2)c1Br. The lowest BCUT2D eigenvalue weighted by molar-refractivity contribution is 0.782. The highest BCUT2D eigenvalue weighted by molar-refractivity contribution is 9.10. The molecule has 0 saturated heterocycles. The average molecular weight is 266 g/mol. The zero-order valence-electron chi connectivity index (χ0n) is 8.66. The van der Waals surface area contributed by atoms with Crippen LogP contribution in [0.15, 0.2) is 28.7 Å². The maximum Gasteiger partial charge on any atom is 0.121 e. The molecule has 0 atom stereocenters. The predicted molar refractivity (Wildman–Crippen MR) is 65.5 cm³/mol. The first-order chi connectivity index (χ1) is 7.09. The number of benzene rings is 1. The zero-order valence-corrected chi connectivity index (χ0v) is 10.2. The van der Waals surface area contributed by atoms with Gasteiger partial charge in [-0.3, -0.25) is 4.68 Å². The molecule has 0 radical (unpaired) electrons. The Kier molecular flexibility index (Phi) is 2.52. The van der Waals surface area contributed by atoms with Crippen molar-refractivity contribution in [3.05, 3.63) is 34.3 Å². The first-order valence-electron chi connectivity index (χ1n) is 4.64. The molecule has 1 heterocycles. The third-order valence-corrected chi connectivity index (χ3v) is 3.44. The van der Waals surface area contributed by atoms with E-state index in [0.29, 0.717) is 5.82 Å². The van der Waals surface area contributed by atoms with Crippen molar-refractivity contribution >= 4 is 21.7 Å². The molecule has 1 aromatic heterocycles. The number of nitrogens with two attached hydrogens (primary N) is 1. The summed E-state index contributed by atoms with van der Waals surface area (Å²) >= 11 is 3.56. The Morgan fingerprint density at radius 1 is 1.40 bits per heavy atom. The minimum absolute atomic E-state index is 0.665. The van der Waals surface area contributed by atoms with Gasteiger partial charge in [-0.05, 0) is 28.4 Å². The van der Waals surface area contributed by atoms with Crippen LogP contribution in [-0.2, 0) is 7.05 Å². The van der Waals surface area contributed by atoms with Gasteiger partial charge in [0.15, 0.2) is 0 Å². The standard InChI is InChI=1S/C11H12BrN3/c1-7-4-3-5-8(11(7)12)9-6-10(13)15(2)14-9/h3-6H,13H2,1-2H3. The van der Waals surface area contributed by atoms with Crippen LogP contribution in [0.1, 0.15) is 5.56 Å². The van der Waals surface area contributed by atoms with Gasteiger partial charge in [0.1, 0.15) is 5.82 Å². The Balaban J connectivity index is 2.59. The zero-order chi connectivity index (χ0) is 11.0. The lowest BCUT2D eigenvalue weighted by atomic mass is 10.1. The molecule has 0 bridgehead atoms. The molecule has 0 aliphatic rings. The summed E-state index contributed by atoms with van der Waals surface area (Å²) in [7, 11) is 1.84. The summed E-state index contributed by atoms with van der Waals surface area (Å²) in [5.74, 6) is 0.665. The normalized spacial score (nSPS) is 10.6. The number of anilines is 1. The topological polar surface area (TPSA) is 43.8 Å². The highest BCUT2D eigenvalue weighted by Crippen LogP contribution is 2.30. The summed E-state index contributed by atoms with van der Waals surface area (Å²) in [5, 5.41) is 4.34. The van der Waals surface area contributed by atoms with Crippen molar-refractivity contribution < 1.29 is 0 Å². The fourth-order valence-corrected chi connectivity index (χ4v) is 1.93. The monoisotopic (exact) mass is 265 g/mol. The fraction of sp³-hybridized carbons (Fsp3) is 0.182. The third-order valence-electron chi connectivity index (χ3n) is 2.38. The van der Waals surface area contributed by atoms with E-state index >= 15 is 0 Å². The number of nitrogen functional groups attached to an aromatic ring is 1. The molecule has 3 nitrogen and oxygen atoms in total. The molecule has 0 fully saturated rings. The molecule has 1 aromatic carbocycles. The van der Waals surface area contributed by atoms with E-state index in [1.165, 1.54) is 5.56 Å². The molecular formula is C11H12BrN3. The Morgan fingerprint density at radius 3 is 2.73 bits per heavy atom. The molecule has 0 amide bonds. The van der Waals surface area contributed by atoms with Crippen LogP contribution in [0.3, 0.4) is 0 Å². The van der Waals surface area contributed by atoms with E-state index in [2.05, 4.69) is 34.0 Å². The highest BCUT2D eigenvalue weighted by Gasteiger charge is 2.09. The molecule has 2 aromatic rings. The third kappa shape index (κ3) is 1.77. The lowest BCUT2D eigenvalue weighted by Crippen LogP contribution is -1.96. The van der Waals surface area contributed by atoms with Gasteiger partial charge in [0.25, 0.3) is 0 Å². The highest BCUT2D eigenvalue weighted by atomic mass is 79.9. The summed E-state index contributed by atoms with van der Waals surface area (Å²) in [6, 6.07) is 7.97. The van der Waals surface area contributed by atoms with Crippen molar-refractivity contribution in [3.8, 4) is 11.3 Å². The van der Waals surface area contributed by atoms with Crippen LogP contribution < -0.4 is 5.73 Å². The smallest absolute Gasteiger partial charge is 0.121 e. The van der Waals surface area contributed by atoms with Gasteiger partial charge in [-0.25, -0.2) is 0 Å². The van der Waals surface area contributed by atoms with Gasteiger partial charge < -0.3 is 5.73 Å². The molecule has 0 unspecified atom stereocenters. The molecule has 15 heavy (non-hydrogen) atoms. The molecule has 0 aliphatic heterocycles. The van der Waals surface area contributed by atoms with Crippen LogP contribution in [0.2, 0.25) is 0 Å². The summed E-state index contributed by atoms with van der Waals surface area (Å²) in [4.78, 5) is 0. The minimum Gasteiger partial charge on any atom is -0.384 e. The maximum absolute atomic E-state index is 5.75. The van der Waals surface area contributed by atoms with E-state index in [4.69, 9.17) is 5.73 Å². The van der Waals surface area contributed by atoms with Gasteiger partial charge in [-0.1, -0.05) is 18.2 Å². The van der Waals surface area contributed by atoms with Crippen LogP contribution >= 0.6 is 15.9 Å². The van der Waals surface area contributed by atoms with Gasteiger partial charge in [0.2, 0.25) is 0 Å². The Labute approximate surface area is 97.0 Å². The molecule has 2 rings (SSSR count). The van der Waals surface area contributed by atoms with E-state index in [0.717, 1.165) is 15.7 Å². The number of hydrogen-bond acceptors (Lipinski definition) is 2. The van der Waals surface area contributed by atoms with E-state index in [-0.39, 0.29) is 0 Å². The van der Waals surface area contributed by atoms with Gasteiger partial charge in [-0.15, -0.1) is 0 Å². The summed E-state index contributed by atoms with van der Waals surface area (Å²) in [6.07, 6.45) is 0. The largest absolute Gasteiger partial charge is 0.384 e. The van der Waals surface area contributed by atoms with Crippen molar-refractivity contribution in [1.29, 1.82) is 0 Å². The first kappa shape index (κ1) is 10.2. The fourth-order valence-electron chi connectivity index (χ4n) is 1.46. The number of aryl methyl sites for hydroxylation is 2. The van der Waals surface area contributed by atoms with Gasteiger partial charge in [-0.2, -0.15) is 5.10 Å². The van der Waals surface area contributed by atoms with E-state index in [1.54, 1.807) is 4.68 Å². The summed E-state index contributed by atoms with van der Waals surface area (Å²) < 4.78 is 2.74. The number of halogens is 1. The number of hydrogen-bond donors (Lipinski definition) is 1. The minimum atomic E-state index is 0.665. The maximum atomic E-state index is 5.75. The number of aromatic nitrogens is 2. The van der Waals surface area contributed by atoms with Gasteiger partial charge >= 0.3 is 0 Å². The predicted octanol–water partition coefficient (Wildman–Crippen LogP) is 2.74. The Hall–Kier alpha value is -1.29. The van der Waals surface area contributed by atoms with Crippen molar-refractivity contribution in [2.75, 3.05) is 5.73 Å². The summed E-state index contributed by atoms with van der Waals surface area (Å²) in [5.41, 5.74) is 8.91. The molecule has 78 valence electrons. The lowest BCUT2D eigenvalue weighted by Gasteiger charge is -2.03. The van der Waals surface area contributed by atoms with E-state index < -0.39 is 0 Å². The van der Waals surface area contributed by atoms with Crippen LogP contribution in [0.5, 0.6) is 0 Å². The van der Waals surface area contributed by atoms with Crippen molar-refractivity contribution in [1.82, 2.24) is 9.78 Å². The first-order valence-corrected chi connectivity index (χ1v) is 5.44. The van der Waals surface area contributed by atoms with E-state index in [9.17, 15) is 0 Å². The van der Waals surface area contributed by atoms with Crippen molar-refractivity contribution in [3.63, 3.8) is 0 Å². The summed E-state index contributed by atoms with van der Waals surface area (Å²) in [6.45, 7) is 2.06. The quantitative estimate of drug-likeness (QED) is 0.862. The Morgan fingerprint density at radius 2 is 2.13 bits per heavy atom. The molecule has 0 aliphatic carbocycles. The second-order valence-corrected chi connectivity index (χ2v) is 4.31. The second kappa shape index (κ2) is 3.70. The molecular weight excluding hydrogens is 254 g/mol. The van der Waals surface area contributed by atoms with Crippen LogP contribution in [0, 0.1) is 6.92 Å².